The summed E-state index contributed by atoms with van der Waals surface area (Å²) in [6.45, 7) is 0. The second-order valence-corrected chi connectivity index (χ2v) is 6.16. The third-order valence-corrected chi connectivity index (χ3v) is 4.42. The maximum atomic E-state index is 6.38. The zero-order chi connectivity index (χ0) is 12.1. The lowest BCUT2D eigenvalue weighted by Crippen LogP contribution is -2.32. The molecule has 2 N–H and O–H groups in total. The van der Waals surface area contributed by atoms with Crippen LogP contribution in [0.4, 0.5) is 0 Å². The predicted molar refractivity (Wildman–Crippen MR) is 77.0 cm³/mol. The Morgan fingerprint density at radius 1 is 1.06 bits per heavy atom. The van der Waals surface area contributed by atoms with Crippen LogP contribution in [0.2, 0.25) is 0 Å². The second kappa shape index (κ2) is 6.55. The minimum absolute atomic E-state index is 0.342. The molecule has 0 radical (unpaired) electrons. The topological polar surface area (TPSA) is 26.0 Å². The molecule has 1 aliphatic rings. The fourth-order valence-electron chi connectivity index (χ4n) is 2.80. The van der Waals surface area contributed by atoms with Crippen LogP contribution in [0.1, 0.15) is 44.1 Å². The van der Waals surface area contributed by atoms with Gasteiger partial charge < -0.3 is 5.73 Å². The molecule has 1 saturated carbocycles. The van der Waals surface area contributed by atoms with Gasteiger partial charge in [-0.25, -0.2) is 0 Å². The van der Waals surface area contributed by atoms with Gasteiger partial charge in [0.25, 0.3) is 0 Å². The van der Waals surface area contributed by atoms with Crippen LogP contribution in [-0.2, 0) is 6.42 Å². The first-order valence-corrected chi connectivity index (χ1v) is 7.55. The highest BCUT2D eigenvalue weighted by Crippen LogP contribution is 2.26. The highest BCUT2D eigenvalue weighted by atomic mass is 79.9. The van der Waals surface area contributed by atoms with Gasteiger partial charge in [-0.1, -0.05) is 53.7 Å². The Morgan fingerprint density at radius 3 is 2.24 bits per heavy atom. The van der Waals surface area contributed by atoms with E-state index in [4.69, 9.17) is 5.73 Å². The molecule has 0 bridgehead atoms. The van der Waals surface area contributed by atoms with E-state index in [1.807, 2.05) is 0 Å². The average molecular weight is 296 g/mol. The highest BCUT2D eigenvalue weighted by Gasteiger charge is 2.19. The van der Waals surface area contributed by atoms with E-state index in [1.54, 1.807) is 0 Å². The van der Waals surface area contributed by atoms with E-state index in [0.29, 0.717) is 6.04 Å². The minimum atomic E-state index is 0.342. The first-order chi connectivity index (χ1) is 8.25. The Labute approximate surface area is 113 Å². The quantitative estimate of drug-likeness (QED) is 0.827. The Kier molecular flexibility index (Phi) is 5.05. The van der Waals surface area contributed by atoms with Gasteiger partial charge in [-0.05, 0) is 42.9 Å². The molecule has 0 aromatic heterocycles. The molecule has 0 heterocycles. The lowest BCUT2D eigenvalue weighted by Gasteiger charge is -2.22. The van der Waals surface area contributed by atoms with Crippen LogP contribution in [0, 0.1) is 5.92 Å². The molecule has 94 valence electrons. The van der Waals surface area contributed by atoms with Crippen LogP contribution < -0.4 is 5.73 Å². The molecule has 1 unspecified atom stereocenters. The number of hydrogen-bond donors (Lipinski definition) is 1. The number of halogens is 1. The lowest BCUT2D eigenvalue weighted by molar-refractivity contribution is 0.372. The van der Waals surface area contributed by atoms with Crippen LogP contribution in [0.5, 0.6) is 0 Å². The zero-order valence-electron chi connectivity index (χ0n) is 10.4. The van der Waals surface area contributed by atoms with Crippen LogP contribution in [-0.4, -0.2) is 6.04 Å². The first-order valence-electron chi connectivity index (χ1n) is 6.76. The molecule has 1 fully saturated rings. The predicted octanol–water partition coefficient (Wildman–Crippen LogP) is 4.29. The van der Waals surface area contributed by atoms with E-state index in [9.17, 15) is 0 Å². The molecule has 0 aliphatic heterocycles. The fourth-order valence-corrected chi connectivity index (χ4v) is 3.06. The van der Waals surface area contributed by atoms with Crippen molar-refractivity contribution in [1.29, 1.82) is 0 Å². The molecule has 0 amide bonds. The maximum absolute atomic E-state index is 6.38. The van der Waals surface area contributed by atoms with E-state index < -0.39 is 0 Å². The monoisotopic (exact) mass is 295 g/mol. The zero-order valence-corrected chi connectivity index (χ0v) is 12.0. The molecule has 1 aromatic carbocycles. The summed E-state index contributed by atoms with van der Waals surface area (Å²) in [5.41, 5.74) is 7.74. The molecule has 1 aliphatic carbocycles. The van der Waals surface area contributed by atoms with Crippen molar-refractivity contribution in [3.05, 3.63) is 34.3 Å². The molecule has 17 heavy (non-hydrogen) atoms. The van der Waals surface area contributed by atoms with E-state index in [1.165, 1.54) is 44.1 Å². The third kappa shape index (κ3) is 4.11. The molecule has 1 nitrogen and oxygen atoms in total. The van der Waals surface area contributed by atoms with Gasteiger partial charge in [0, 0.05) is 10.5 Å². The summed E-state index contributed by atoms with van der Waals surface area (Å²) < 4.78 is 1.14. The Hall–Kier alpha value is -0.340. The van der Waals surface area contributed by atoms with Gasteiger partial charge in [0.2, 0.25) is 0 Å². The van der Waals surface area contributed by atoms with Crippen molar-refractivity contribution in [2.75, 3.05) is 0 Å². The number of nitrogens with two attached hydrogens (primary N) is 1. The summed E-state index contributed by atoms with van der Waals surface area (Å²) in [6.07, 6.45) is 9.24. The molecule has 2 heteroatoms. The van der Waals surface area contributed by atoms with Crippen molar-refractivity contribution < 1.29 is 0 Å². The minimum Gasteiger partial charge on any atom is -0.327 e. The largest absolute Gasteiger partial charge is 0.327 e. The Balaban J connectivity index is 1.90. The van der Waals surface area contributed by atoms with Crippen molar-refractivity contribution in [1.82, 2.24) is 0 Å². The number of benzene rings is 1. The van der Waals surface area contributed by atoms with Crippen molar-refractivity contribution in [3.8, 4) is 0 Å². The maximum Gasteiger partial charge on any atom is 0.0175 e. The number of hydrogen-bond acceptors (Lipinski definition) is 1. The van der Waals surface area contributed by atoms with Gasteiger partial charge in [0.15, 0.2) is 0 Å². The van der Waals surface area contributed by atoms with Crippen LogP contribution >= 0.6 is 15.9 Å². The van der Waals surface area contributed by atoms with Crippen LogP contribution in [0.15, 0.2) is 28.7 Å². The summed E-state index contributed by atoms with van der Waals surface area (Å²) in [6, 6.07) is 8.92. The lowest BCUT2D eigenvalue weighted by atomic mass is 9.88. The normalized spacial score (nSPS) is 19.9. The van der Waals surface area contributed by atoms with E-state index in [2.05, 4.69) is 40.2 Å². The molecule has 0 spiro atoms. The van der Waals surface area contributed by atoms with Crippen LogP contribution in [0.25, 0.3) is 0 Å². The van der Waals surface area contributed by atoms with Gasteiger partial charge in [-0.3, -0.25) is 0 Å². The fraction of sp³-hybridized carbons (Fsp3) is 0.600. The van der Waals surface area contributed by atoms with Gasteiger partial charge in [-0.15, -0.1) is 0 Å². The molecular weight excluding hydrogens is 274 g/mol. The molecule has 1 aromatic rings. The van der Waals surface area contributed by atoms with E-state index in [-0.39, 0.29) is 0 Å². The molecular formula is C15H22BrN. The average Bonchev–Trinajstić information content (AvgIpc) is 2.61. The van der Waals surface area contributed by atoms with E-state index >= 15 is 0 Å². The summed E-state index contributed by atoms with van der Waals surface area (Å²) in [5, 5.41) is 0. The van der Waals surface area contributed by atoms with Gasteiger partial charge in [0.1, 0.15) is 0 Å². The van der Waals surface area contributed by atoms with Crippen molar-refractivity contribution in [2.24, 2.45) is 11.7 Å². The van der Waals surface area contributed by atoms with Crippen molar-refractivity contribution in [3.63, 3.8) is 0 Å². The van der Waals surface area contributed by atoms with Crippen molar-refractivity contribution in [2.45, 2.75) is 51.0 Å². The van der Waals surface area contributed by atoms with Gasteiger partial charge in [0.05, 0.1) is 0 Å². The SMILES string of the molecule is NC(Cc1ccc(Br)cc1)C1CCCCCC1. The summed E-state index contributed by atoms with van der Waals surface area (Å²) in [4.78, 5) is 0. The van der Waals surface area contributed by atoms with Gasteiger partial charge >= 0.3 is 0 Å². The first kappa shape index (κ1) is 13.1. The van der Waals surface area contributed by atoms with E-state index in [0.717, 1.165) is 16.8 Å². The summed E-state index contributed by atoms with van der Waals surface area (Å²) >= 11 is 3.47. The third-order valence-electron chi connectivity index (χ3n) is 3.89. The molecule has 1 atom stereocenters. The Bertz CT molecular complexity index is 325. The standard InChI is InChI=1S/C15H22BrN/c16-14-9-7-12(8-10-14)11-15(17)13-5-3-1-2-4-6-13/h7-10,13,15H,1-6,11,17H2. The second-order valence-electron chi connectivity index (χ2n) is 5.25. The van der Waals surface area contributed by atoms with Gasteiger partial charge in [-0.2, -0.15) is 0 Å². The molecule has 0 saturated heterocycles. The van der Waals surface area contributed by atoms with Crippen molar-refractivity contribution >= 4 is 15.9 Å². The Morgan fingerprint density at radius 2 is 1.65 bits per heavy atom. The molecule has 2 rings (SSSR count). The highest BCUT2D eigenvalue weighted by molar-refractivity contribution is 9.10. The number of rotatable bonds is 3. The smallest absolute Gasteiger partial charge is 0.0175 e. The van der Waals surface area contributed by atoms with Crippen LogP contribution in [0.3, 0.4) is 0 Å². The summed E-state index contributed by atoms with van der Waals surface area (Å²) in [7, 11) is 0. The summed E-state index contributed by atoms with van der Waals surface area (Å²) in [5.74, 6) is 0.737.